The van der Waals surface area contributed by atoms with Gasteiger partial charge in [0.05, 0.1) is 18.2 Å². The van der Waals surface area contributed by atoms with Crippen LogP contribution in [0.3, 0.4) is 0 Å². The van der Waals surface area contributed by atoms with Gasteiger partial charge in [-0.3, -0.25) is 28.5 Å². The number of halogens is 1. The molecule has 3 heterocycles. The highest BCUT2D eigenvalue weighted by Gasteiger charge is 2.56. The van der Waals surface area contributed by atoms with Gasteiger partial charge < -0.3 is 23.7 Å². The molecular formula is C30H34FN4O10P. The number of alkyl halides is 1. The summed E-state index contributed by atoms with van der Waals surface area (Å²) >= 11 is 0. The van der Waals surface area contributed by atoms with Crippen LogP contribution in [-0.4, -0.2) is 61.8 Å². The third-order valence-electron chi connectivity index (χ3n) is 7.60. The summed E-state index contributed by atoms with van der Waals surface area (Å²) in [5, 5.41) is 14.7. The second kappa shape index (κ2) is 12.6. The maximum Gasteiger partial charge on any atom is 0.459 e. The Labute approximate surface area is 261 Å². The van der Waals surface area contributed by atoms with Gasteiger partial charge in [0, 0.05) is 35.5 Å². The summed E-state index contributed by atoms with van der Waals surface area (Å²) < 4.78 is 55.0. The van der Waals surface area contributed by atoms with Crippen molar-refractivity contribution in [2.75, 3.05) is 6.61 Å². The van der Waals surface area contributed by atoms with Gasteiger partial charge in [-0.05, 0) is 45.9 Å². The van der Waals surface area contributed by atoms with Crippen molar-refractivity contribution in [2.45, 2.75) is 63.9 Å². The number of aliphatic hydroxyl groups excluding tert-OH is 1. The minimum atomic E-state index is -4.60. The molecule has 1 aliphatic rings. The predicted molar refractivity (Wildman–Crippen MR) is 165 cm³/mol. The Bertz CT molecular complexity index is 2020. The Balaban J connectivity index is 1.51. The van der Waals surface area contributed by atoms with E-state index in [0.29, 0.717) is 21.7 Å². The Morgan fingerprint density at radius 1 is 1.13 bits per heavy atom. The van der Waals surface area contributed by atoms with Crippen LogP contribution < -0.4 is 26.4 Å². The highest BCUT2D eigenvalue weighted by molar-refractivity contribution is 7.52. The fourth-order valence-corrected chi connectivity index (χ4v) is 6.82. The molecule has 1 aliphatic heterocycles. The third-order valence-corrected chi connectivity index (χ3v) is 9.23. The van der Waals surface area contributed by atoms with Crippen LogP contribution in [0.2, 0.25) is 0 Å². The van der Waals surface area contributed by atoms with Crippen LogP contribution in [0, 0.1) is 0 Å². The first-order valence-corrected chi connectivity index (χ1v) is 15.9. The third kappa shape index (κ3) is 6.29. The van der Waals surface area contributed by atoms with Gasteiger partial charge in [-0.25, -0.2) is 13.8 Å². The van der Waals surface area contributed by atoms with Crippen LogP contribution in [0.25, 0.3) is 21.7 Å². The highest BCUT2D eigenvalue weighted by atomic mass is 31.2. The molecule has 5 rings (SSSR count). The van der Waals surface area contributed by atoms with Gasteiger partial charge in [0.1, 0.15) is 24.0 Å². The Kier molecular flexibility index (Phi) is 9.08. The van der Waals surface area contributed by atoms with E-state index in [0.717, 1.165) is 23.8 Å². The van der Waals surface area contributed by atoms with E-state index in [2.05, 4.69) is 5.09 Å². The number of aliphatic hydroxyl groups is 1. The molecule has 0 radical (unpaired) electrons. The van der Waals surface area contributed by atoms with E-state index in [-0.39, 0.29) is 11.3 Å². The Hall–Kier alpha value is -4.14. The largest absolute Gasteiger partial charge is 0.462 e. The molecule has 4 aromatic rings. The summed E-state index contributed by atoms with van der Waals surface area (Å²) in [6, 6.07) is 11.3. The number of hydrogen-bond donors (Lipinski definition) is 3. The number of aromatic nitrogens is 3. The summed E-state index contributed by atoms with van der Waals surface area (Å²) in [4.78, 5) is 51.6. The fourth-order valence-electron chi connectivity index (χ4n) is 5.30. The van der Waals surface area contributed by atoms with Gasteiger partial charge in [0.15, 0.2) is 11.9 Å². The van der Waals surface area contributed by atoms with Gasteiger partial charge in [0.2, 0.25) is 0 Å². The van der Waals surface area contributed by atoms with E-state index in [1.54, 1.807) is 57.3 Å². The van der Waals surface area contributed by atoms with E-state index >= 15 is 4.39 Å². The number of nitrogens with zero attached hydrogens (tertiary/aromatic N) is 2. The number of H-pyrrole nitrogens is 1. The quantitative estimate of drug-likeness (QED) is 0.129. The molecule has 2 aromatic carbocycles. The Morgan fingerprint density at radius 2 is 1.83 bits per heavy atom. The Morgan fingerprint density at radius 3 is 2.50 bits per heavy atom. The zero-order valence-electron chi connectivity index (χ0n) is 25.6. The number of aryl methyl sites for hydroxylation is 1. The van der Waals surface area contributed by atoms with Gasteiger partial charge in [0.25, 0.3) is 11.1 Å². The number of rotatable bonds is 10. The normalized spacial score (nSPS) is 23.4. The molecule has 0 amide bonds. The lowest BCUT2D eigenvalue weighted by molar-refractivity contribution is -0.149. The van der Waals surface area contributed by atoms with Crippen molar-refractivity contribution < 1.29 is 37.4 Å². The molecular weight excluding hydrogens is 626 g/mol. The van der Waals surface area contributed by atoms with Crippen LogP contribution in [0.4, 0.5) is 4.39 Å². The van der Waals surface area contributed by atoms with Crippen LogP contribution in [-0.2, 0) is 30.4 Å². The number of aromatic amines is 1. The number of carbonyl (C=O) groups is 1. The fraction of sp³-hybridized carbons (Fsp3) is 0.400. The first-order chi connectivity index (χ1) is 21.6. The van der Waals surface area contributed by atoms with Crippen LogP contribution >= 0.6 is 7.75 Å². The average molecular weight is 661 g/mol. The molecule has 0 saturated carbocycles. The summed E-state index contributed by atoms with van der Waals surface area (Å²) in [6.07, 6.45) is -4.51. The molecule has 0 spiro atoms. The second-order valence-electron chi connectivity index (χ2n) is 11.4. The SMILES string of the molecule is CC(C)OC(=O)C(C)NP(=O)(OCC1OC(n2ccc(=O)[nH]c2=O)C(C)(F)C1O)Oc1cccc2c1c1ccccc1c(=O)n2C. The summed E-state index contributed by atoms with van der Waals surface area (Å²) in [5.41, 5.74) is -4.04. The summed E-state index contributed by atoms with van der Waals surface area (Å²) in [6.45, 7) is 4.93. The van der Waals surface area contributed by atoms with E-state index in [9.17, 15) is 28.8 Å². The molecule has 0 bridgehead atoms. The van der Waals surface area contributed by atoms with Gasteiger partial charge in [-0.15, -0.1) is 0 Å². The minimum absolute atomic E-state index is 0.0328. The molecule has 14 nitrogen and oxygen atoms in total. The van der Waals surface area contributed by atoms with E-state index in [1.807, 2.05) is 4.98 Å². The molecule has 1 fully saturated rings. The minimum Gasteiger partial charge on any atom is -0.462 e. The number of carbonyl (C=O) groups excluding carboxylic acids is 1. The zero-order valence-corrected chi connectivity index (χ0v) is 26.5. The van der Waals surface area contributed by atoms with E-state index < -0.39 is 67.8 Å². The van der Waals surface area contributed by atoms with Crippen molar-refractivity contribution >= 4 is 35.4 Å². The van der Waals surface area contributed by atoms with Crippen LogP contribution in [0.15, 0.2) is 69.1 Å². The van der Waals surface area contributed by atoms with Crippen molar-refractivity contribution in [1.82, 2.24) is 19.2 Å². The first-order valence-electron chi connectivity index (χ1n) is 14.4. The van der Waals surface area contributed by atoms with Gasteiger partial charge >= 0.3 is 19.4 Å². The van der Waals surface area contributed by atoms with Gasteiger partial charge in [-0.1, -0.05) is 24.3 Å². The smallest absolute Gasteiger partial charge is 0.459 e. The lowest BCUT2D eigenvalue weighted by Crippen LogP contribution is -2.43. The van der Waals surface area contributed by atoms with Crippen LogP contribution in [0.1, 0.15) is 33.9 Å². The van der Waals surface area contributed by atoms with Crippen molar-refractivity contribution in [3.8, 4) is 5.75 Å². The monoisotopic (exact) mass is 660 g/mol. The average Bonchev–Trinajstić information content (AvgIpc) is 3.22. The van der Waals surface area contributed by atoms with Crippen LogP contribution in [0.5, 0.6) is 5.75 Å². The highest BCUT2D eigenvalue weighted by Crippen LogP contribution is 2.49. The molecule has 246 valence electrons. The molecule has 2 aromatic heterocycles. The maximum atomic E-state index is 15.8. The summed E-state index contributed by atoms with van der Waals surface area (Å²) in [7, 11) is -3.02. The lowest BCUT2D eigenvalue weighted by atomic mass is 9.98. The maximum absolute atomic E-state index is 15.8. The number of benzene rings is 2. The number of fused-ring (bicyclic) bond motifs is 3. The van der Waals surface area contributed by atoms with Crippen molar-refractivity contribution in [1.29, 1.82) is 0 Å². The molecule has 6 unspecified atom stereocenters. The molecule has 16 heteroatoms. The topological polar surface area (TPSA) is 180 Å². The number of ether oxygens (including phenoxy) is 2. The standard InChI is InChI=1S/C30H34FN4O10P/c1-16(2)43-27(39)17(3)33-46(41,42-15-22-25(37)30(4,31)28(44-22)35-14-13-23(36)32-29(35)40)45-21-12-8-11-20-24(21)18-9-6-7-10-19(18)26(38)34(20)5/h6-14,16-17,22,25,28,37H,15H2,1-5H3,(H,33,41)(H,32,36,40). The number of nitrogens with one attached hydrogen (secondary N) is 2. The number of esters is 1. The predicted octanol–water partition coefficient (Wildman–Crippen LogP) is 2.66. The van der Waals surface area contributed by atoms with Crippen molar-refractivity contribution in [3.05, 3.63) is 85.9 Å². The molecule has 3 N–H and O–H groups in total. The second-order valence-corrected chi connectivity index (χ2v) is 13.1. The molecule has 0 aliphatic carbocycles. The number of pyridine rings is 1. The van der Waals surface area contributed by atoms with Crippen molar-refractivity contribution in [2.24, 2.45) is 7.05 Å². The molecule has 6 atom stereocenters. The zero-order chi connectivity index (χ0) is 33.6. The molecule has 46 heavy (non-hydrogen) atoms. The van der Waals surface area contributed by atoms with E-state index in [4.69, 9.17) is 18.5 Å². The lowest BCUT2D eigenvalue weighted by Gasteiger charge is -2.26. The number of hydrogen-bond acceptors (Lipinski definition) is 10. The van der Waals surface area contributed by atoms with Gasteiger partial charge in [-0.2, -0.15) is 5.09 Å². The summed E-state index contributed by atoms with van der Waals surface area (Å²) in [5.74, 6) is -0.732. The van der Waals surface area contributed by atoms with E-state index in [1.165, 1.54) is 17.6 Å². The first kappa shape index (κ1) is 33.2. The molecule has 1 saturated heterocycles. The van der Waals surface area contributed by atoms with Crippen molar-refractivity contribution in [3.63, 3.8) is 0 Å².